The molecule has 1 aliphatic carbocycles. The maximum atomic E-state index is 13.4. The Bertz CT molecular complexity index is 1220. The van der Waals surface area contributed by atoms with Gasteiger partial charge in [0.05, 0.1) is 11.1 Å². The number of aromatic nitrogens is 1. The third kappa shape index (κ3) is 4.39. The molecule has 7 nitrogen and oxygen atoms in total. The Labute approximate surface area is 195 Å². The number of fused-ring (bicyclic) bond motifs is 1. The van der Waals surface area contributed by atoms with Crippen LogP contribution in [0.1, 0.15) is 56.8 Å². The Morgan fingerprint density at radius 3 is 2.64 bits per heavy atom. The molecule has 2 aromatic heterocycles. The quantitative estimate of drug-likeness (QED) is 0.580. The third-order valence-corrected chi connectivity index (χ3v) is 7.25. The summed E-state index contributed by atoms with van der Waals surface area (Å²) in [5, 5.41) is 6.50. The number of benzene rings is 1. The van der Waals surface area contributed by atoms with E-state index in [2.05, 4.69) is 15.6 Å². The summed E-state index contributed by atoms with van der Waals surface area (Å²) in [7, 11) is 0. The van der Waals surface area contributed by atoms with E-state index in [4.69, 9.17) is 0 Å². The molecule has 1 saturated heterocycles. The van der Waals surface area contributed by atoms with Gasteiger partial charge in [0.25, 0.3) is 11.8 Å². The highest BCUT2D eigenvalue weighted by atomic mass is 32.1. The van der Waals surface area contributed by atoms with Crippen LogP contribution in [0.2, 0.25) is 0 Å². The number of amides is 3. The van der Waals surface area contributed by atoms with Gasteiger partial charge >= 0.3 is 0 Å². The number of carbonyl (C=O) groups excluding carboxylic acids is 3. The van der Waals surface area contributed by atoms with Gasteiger partial charge in [-0.25, -0.2) is 0 Å². The lowest BCUT2D eigenvalue weighted by Gasteiger charge is -2.17. The number of pyridine rings is 1. The van der Waals surface area contributed by atoms with Crippen molar-refractivity contribution in [3.8, 4) is 0 Å². The molecular formula is C25H24N4O3S. The molecule has 33 heavy (non-hydrogen) atoms. The third-order valence-electron chi connectivity index (χ3n) is 6.04. The smallest absolute Gasteiger partial charge is 0.258 e. The Balaban J connectivity index is 1.42. The van der Waals surface area contributed by atoms with Crippen molar-refractivity contribution >= 4 is 45.4 Å². The molecular weight excluding hydrogens is 436 g/mol. The predicted molar refractivity (Wildman–Crippen MR) is 129 cm³/mol. The molecule has 3 amide bonds. The van der Waals surface area contributed by atoms with E-state index in [0.717, 1.165) is 48.2 Å². The zero-order valence-electron chi connectivity index (χ0n) is 18.1. The minimum Gasteiger partial charge on any atom is -0.322 e. The number of thiophene rings is 1. The monoisotopic (exact) mass is 460 g/mol. The first-order chi connectivity index (χ1) is 16.1. The molecule has 0 atom stereocenters. The normalized spacial score (nSPS) is 15.3. The number of aryl methyl sites for hydroxylation is 1. The molecule has 2 N–H and O–H groups in total. The number of carbonyl (C=O) groups is 3. The standard InChI is InChI=1S/C25H24N4O3S/c30-21-11-5-13-29(21)18-8-3-7-17(14-18)27-24(32)22-19-9-1-2-10-20(19)33-25(22)28-23(31)16-6-4-12-26-15-16/h3-4,6-8,12,14-15H,1-2,5,9-11,13H2,(H,27,32)(H,28,31). The summed E-state index contributed by atoms with van der Waals surface area (Å²) in [6, 6.07) is 10.8. The van der Waals surface area contributed by atoms with Gasteiger partial charge in [-0.2, -0.15) is 0 Å². The van der Waals surface area contributed by atoms with Crippen LogP contribution in [0.4, 0.5) is 16.4 Å². The maximum Gasteiger partial charge on any atom is 0.258 e. The average molecular weight is 461 g/mol. The summed E-state index contributed by atoms with van der Waals surface area (Å²) in [6.45, 7) is 0.693. The molecule has 168 valence electrons. The average Bonchev–Trinajstić information content (AvgIpc) is 3.42. The van der Waals surface area contributed by atoms with E-state index in [1.54, 1.807) is 23.2 Å². The molecule has 0 saturated carbocycles. The second-order valence-corrected chi connectivity index (χ2v) is 9.37. The van der Waals surface area contributed by atoms with Crippen molar-refractivity contribution < 1.29 is 14.4 Å². The van der Waals surface area contributed by atoms with Crippen LogP contribution in [0, 0.1) is 0 Å². The van der Waals surface area contributed by atoms with Crippen LogP contribution in [0.3, 0.4) is 0 Å². The summed E-state index contributed by atoms with van der Waals surface area (Å²) >= 11 is 1.48. The highest BCUT2D eigenvalue weighted by Gasteiger charge is 2.27. The SMILES string of the molecule is O=C(Nc1sc2c(c1C(=O)Nc1cccc(N3CCCC3=O)c1)CCCC2)c1cccnc1. The first-order valence-electron chi connectivity index (χ1n) is 11.2. The summed E-state index contributed by atoms with van der Waals surface area (Å²) in [5.41, 5.74) is 3.41. The number of hydrogen-bond donors (Lipinski definition) is 2. The molecule has 0 bridgehead atoms. The number of nitrogens with one attached hydrogen (secondary N) is 2. The van der Waals surface area contributed by atoms with Gasteiger partial charge in [0.1, 0.15) is 5.00 Å². The Morgan fingerprint density at radius 2 is 1.85 bits per heavy atom. The minimum absolute atomic E-state index is 0.103. The van der Waals surface area contributed by atoms with Crippen LogP contribution in [-0.4, -0.2) is 29.3 Å². The van der Waals surface area contributed by atoms with E-state index >= 15 is 0 Å². The van der Waals surface area contributed by atoms with Gasteiger partial charge in [-0.05, 0) is 68.0 Å². The van der Waals surface area contributed by atoms with Crippen LogP contribution in [-0.2, 0) is 17.6 Å². The molecule has 0 radical (unpaired) electrons. The molecule has 3 heterocycles. The maximum absolute atomic E-state index is 13.4. The molecule has 8 heteroatoms. The molecule has 0 spiro atoms. The largest absolute Gasteiger partial charge is 0.322 e. The lowest BCUT2D eigenvalue weighted by molar-refractivity contribution is -0.117. The van der Waals surface area contributed by atoms with Crippen LogP contribution in [0.5, 0.6) is 0 Å². The molecule has 1 fully saturated rings. The van der Waals surface area contributed by atoms with Crippen molar-refractivity contribution in [3.05, 3.63) is 70.4 Å². The zero-order chi connectivity index (χ0) is 22.8. The first-order valence-corrected chi connectivity index (χ1v) is 12.0. The summed E-state index contributed by atoms with van der Waals surface area (Å²) < 4.78 is 0. The van der Waals surface area contributed by atoms with Crippen molar-refractivity contribution in [1.29, 1.82) is 0 Å². The fraction of sp³-hybridized carbons (Fsp3) is 0.280. The Morgan fingerprint density at radius 1 is 0.970 bits per heavy atom. The van der Waals surface area contributed by atoms with Crippen LogP contribution < -0.4 is 15.5 Å². The van der Waals surface area contributed by atoms with Gasteiger partial charge in [0.15, 0.2) is 0 Å². The van der Waals surface area contributed by atoms with Gasteiger partial charge in [-0.1, -0.05) is 6.07 Å². The number of rotatable bonds is 5. The van der Waals surface area contributed by atoms with E-state index in [1.165, 1.54) is 17.5 Å². The van der Waals surface area contributed by atoms with E-state index in [9.17, 15) is 14.4 Å². The van der Waals surface area contributed by atoms with Crippen LogP contribution in [0.25, 0.3) is 0 Å². The van der Waals surface area contributed by atoms with Crippen molar-refractivity contribution in [3.63, 3.8) is 0 Å². The first kappa shape index (κ1) is 21.3. The predicted octanol–water partition coefficient (Wildman–Crippen LogP) is 4.65. The Kier molecular flexibility index (Phi) is 5.92. The fourth-order valence-electron chi connectivity index (χ4n) is 4.43. The van der Waals surface area contributed by atoms with E-state index < -0.39 is 0 Å². The lowest BCUT2D eigenvalue weighted by atomic mass is 9.95. The van der Waals surface area contributed by atoms with Gasteiger partial charge in [-0.15, -0.1) is 11.3 Å². The van der Waals surface area contributed by atoms with Gasteiger partial charge in [0.2, 0.25) is 5.91 Å². The Hall–Kier alpha value is -3.52. The van der Waals surface area contributed by atoms with Crippen molar-refractivity contribution in [2.75, 3.05) is 22.1 Å². The van der Waals surface area contributed by atoms with Crippen molar-refractivity contribution in [2.45, 2.75) is 38.5 Å². The van der Waals surface area contributed by atoms with Crippen LogP contribution in [0.15, 0.2) is 48.8 Å². The van der Waals surface area contributed by atoms with Gasteiger partial charge < -0.3 is 15.5 Å². The highest BCUT2D eigenvalue weighted by Crippen LogP contribution is 2.39. The summed E-state index contributed by atoms with van der Waals surface area (Å²) in [6.07, 6.45) is 8.35. The highest BCUT2D eigenvalue weighted by molar-refractivity contribution is 7.17. The molecule has 0 unspecified atom stereocenters. The number of hydrogen-bond acceptors (Lipinski definition) is 5. The van der Waals surface area contributed by atoms with Crippen molar-refractivity contribution in [1.82, 2.24) is 4.98 Å². The van der Waals surface area contributed by atoms with Crippen LogP contribution >= 0.6 is 11.3 Å². The topological polar surface area (TPSA) is 91.4 Å². The van der Waals surface area contributed by atoms with Crippen molar-refractivity contribution in [2.24, 2.45) is 0 Å². The van der Waals surface area contributed by atoms with Gasteiger partial charge in [0, 0.05) is 41.6 Å². The molecule has 1 aliphatic heterocycles. The summed E-state index contributed by atoms with van der Waals surface area (Å²) in [5.74, 6) is -0.433. The summed E-state index contributed by atoms with van der Waals surface area (Å²) in [4.78, 5) is 45.2. The molecule has 5 rings (SSSR count). The second kappa shape index (κ2) is 9.15. The minimum atomic E-state index is -0.287. The lowest BCUT2D eigenvalue weighted by Crippen LogP contribution is -2.24. The van der Waals surface area contributed by atoms with E-state index in [0.29, 0.717) is 34.8 Å². The number of anilines is 3. The molecule has 2 aliphatic rings. The second-order valence-electron chi connectivity index (χ2n) is 8.26. The molecule has 1 aromatic carbocycles. The van der Waals surface area contributed by atoms with E-state index in [-0.39, 0.29) is 17.7 Å². The number of nitrogens with zero attached hydrogens (tertiary/aromatic N) is 2. The van der Waals surface area contributed by atoms with E-state index in [1.807, 2.05) is 24.3 Å². The fourth-order valence-corrected chi connectivity index (χ4v) is 5.71. The molecule has 3 aromatic rings. The van der Waals surface area contributed by atoms with Gasteiger partial charge in [-0.3, -0.25) is 19.4 Å². The zero-order valence-corrected chi connectivity index (χ0v) is 18.9.